The van der Waals surface area contributed by atoms with Crippen LogP contribution in [0.5, 0.6) is 0 Å². The smallest absolute Gasteiger partial charge is 0.187 e. The number of aromatic amines is 2. The van der Waals surface area contributed by atoms with Crippen molar-refractivity contribution in [3.8, 4) is 0 Å². The van der Waals surface area contributed by atoms with Crippen molar-refractivity contribution in [3.05, 3.63) is 91.3 Å². The standard InChI is InChI=1S/C23H27BrClFN6O.C23H28BrClN6O2/c24-21-19-22(30-29-21)27-14-28-23(19)32-9-5-15(6-10-32)20(16-3-4-17(25)18(26)13-16)33-12-11-31-7-1-2-8-31;24-21-19-22(29-28-21)26-15-27-23(19)31-7-5-17(6-8-31)20(16-1-3-18(25)4-2-16)33-14-11-30-9-12-32-13-10-30/h3-4,13-15,20H,1-2,5-12H2,(H,27,28,29,30);1-4,15,17,20H,5-14H2,(H,26,27,28,29). The summed E-state index contributed by atoms with van der Waals surface area (Å²) in [6, 6.07) is 13.2. The number of likely N-dealkylation sites (tertiary alicyclic amines) is 1. The molecule has 0 spiro atoms. The third kappa shape index (κ3) is 11.5. The second-order valence-corrected chi connectivity index (χ2v) is 19.8. The minimum absolute atomic E-state index is 0.0523. The molecule has 2 N–H and O–H groups in total. The number of benzene rings is 2. The van der Waals surface area contributed by atoms with Crippen LogP contribution in [0, 0.1) is 17.7 Å². The number of hydrogen-bond acceptors (Lipinski definition) is 13. The number of aromatic nitrogens is 8. The monoisotopic (exact) mass is 1070 g/mol. The molecule has 4 aliphatic rings. The molecule has 2 atom stereocenters. The lowest BCUT2D eigenvalue weighted by molar-refractivity contribution is -0.0232. The van der Waals surface area contributed by atoms with Crippen molar-refractivity contribution in [3.63, 3.8) is 0 Å². The quantitative estimate of drug-likeness (QED) is 0.107. The lowest BCUT2D eigenvalue weighted by Crippen LogP contribution is -2.39. The number of fused-ring (bicyclic) bond motifs is 2. The molecule has 4 fully saturated rings. The lowest BCUT2D eigenvalue weighted by Gasteiger charge is -2.37. The van der Waals surface area contributed by atoms with Crippen LogP contribution in [0.3, 0.4) is 0 Å². The maximum absolute atomic E-state index is 14.3. The van der Waals surface area contributed by atoms with E-state index >= 15 is 0 Å². The van der Waals surface area contributed by atoms with E-state index in [1.807, 2.05) is 18.2 Å². The number of halogens is 5. The van der Waals surface area contributed by atoms with Gasteiger partial charge < -0.3 is 28.9 Å². The number of nitrogens with zero attached hydrogens (tertiary/aromatic N) is 10. The molecule has 4 aromatic heterocycles. The fourth-order valence-electron chi connectivity index (χ4n) is 9.72. The molecule has 0 saturated carbocycles. The van der Waals surface area contributed by atoms with Crippen LogP contribution in [-0.2, 0) is 14.2 Å². The first kappa shape index (κ1) is 47.5. The SMILES string of the molecule is Clc1ccc(C(OCCN2CCOCC2)C2CCN(c3ncnc4n[nH]c(Br)c34)CC2)cc1.Fc1cc(C(OCCN2CCCC2)C2CCN(c3ncnc4n[nH]c(Br)c34)CC2)ccc1Cl. The molecule has 66 heavy (non-hydrogen) atoms. The zero-order chi connectivity index (χ0) is 45.4. The van der Waals surface area contributed by atoms with Gasteiger partial charge in [-0.15, -0.1) is 0 Å². The fourth-order valence-corrected chi connectivity index (χ4v) is 10.8. The Hall–Kier alpha value is -3.59. The normalized spacial score (nSPS) is 19.1. The third-order valence-corrected chi connectivity index (χ3v) is 15.0. The Kier molecular flexibility index (Phi) is 16.3. The molecule has 0 aliphatic carbocycles. The molecule has 0 radical (unpaired) electrons. The number of ether oxygens (including phenoxy) is 3. The van der Waals surface area contributed by atoms with E-state index in [9.17, 15) is 4.39 Å². The summed E-state index contributed by atoms with van der Waals surface area (Å²) in [7, 11) is 0. The molecule has 0 bridgehead atoms. The van der Waals surface area contributed by atoms with Gasteiger partial charge in [0.15, 0.2) is 11.3 Å². The Bertz CT molecular complexity index is 2490. The van der Waals surface area contributed by atoms with Gasteiger partial charge in [0.05, 0.1) is 54.4 Å². The number of H-pyrrole nitrogens is 2. The van der Waals surface area contributed by atoms with Crippen molar-refractivity contribution in [1.82, 2.24) is 50.1 Å². The van der Waals surface area contributed by atoms with E-state index in [1.54, 1.807) is 18.7 Å². The van der Waals surface area contributed by atoms with Crippen LogP contribution < -0.4 is 9.80 Å². The predicted octanol–water partition coefficient (Wildman–Crippen LogP) is 9.05. The van der Waals surface area contributed by atoms with Crippen molar-refractivity contribution in [2.45, 2.75) is 50.7 Å². The lowest BCUT2D eigenvalue weighted by atomic mass is 9.87. The van der Waals surface area contributed by atoms with Gasteiger partial charge in [-0.25, -0.2) is 24.3 Å². The minimum atomic E-state index is -0.395. The maximum atomic E-state index is 14.3. The van der Waals surface area contributed by atoms with Crippen LogP contribution in [0.2, 0.25) is 10.0 Å². The highest BCUT2D eigenvalue weighted by atomic mass is 79.9. The number of rotatable bonds is 14. The molecule has 4 saturated heterocycles. The predicted molar refractivity (Wildman–Crippen MR) is 262 cm³/mol. The van der Waals surface area contributed by atoms with Gasteiger partial charge in [-0.3, -0.25) is 15.1 Å². The highest BCUT2D eigenvalue weighted by Crippen LogP contribution is 2.39. The molecule has 6 aromatic rings. The largest absolute Gasteiger partial charge is 0.379 e. The van der Waals surface area contributed by atoms with E-state index in [0.717, 1.165) is 147 Å². The number of nitrogens with one attached hydrogen (secondary N) is 2. The summed E-state index contributed by atoms with van der Waals surface area (Å²) in [4.78, 5) is 27.0. The van der Waals surface area contributed by atoms with E-state index in [4.69, 9.17) is 37.4 Å². The topological polar surface area (TPSA) is 150 Å². The van der Waals surface area contributed by atoms with Gasteiger partial charge in [-0.05, 0) is 131 Å². The summed E-state index contributed by atoms with van der Waals surface area (Å²) in [6.45, 7) is 12.5. The second kappa shape index (κ2) is 22.7. The van der Waals surface area contributed by atoms with Crippen LogP contribution in [0.1, 0.15) is 61.9 Å². The summed E-state index contributed by atoms with van der Waals surface area (Å²) in [5, 5.41) is 17.1. The molecule has 2 aromatic carbocycles. The van der Waals surface area contributed by atoms with Crippen LogP contribution in [0.4, 0.5) is 16.0 Å². The number of hydrogen-bond donors (Lipinski definition) is 2. The molecule has 352 valence electrons. The highest BCUT2D eigenvalue weighted by molar-refractivity contribution is 9.10. The van der Waals surface area contributed by atoms with E-state index in [0.29, 0.717) is 30.4 Å². The van der Waals surface area contributed by atoms with Gasteiger partial charge in [-0.2, -0.15) is 10.2 Å². The maximum Gasteiger partial charge on any atom is 0.187 e. The molecular formula is C46H55Br2Cl2FN12O3. The van der Waals surface area contributed by atoms with Crippen molar-refractivity contribution in [1.29, 1.82) is 0 Å². The third-order valence-electron chi connectivity index (χ3n) is 13.3. The summed E-state index contributed by atoms with van der Waals surface area (Å²) >= 11 is 19.2. The molecule has 2 unspecified atom stereocenters. The molecule has 0 amide bonds. The molecular weight excluding hydrogens is 1020 g/mol. The zero-order valence-electron chi connectivity index (χ0n) is 36.7. The van der Waals surface area contributed by atoms with Crippen LogP contribution in [-0.4, -0.2) is 142 Å². The average molecular weight is 1070 g/mol. The first-order valence-corrected chi connectivity index (χ1v) is 25.3. The van der Waals surface area contributed by atoms with Crippen molar-refractivity contribution < 1.29 is 18.6 Å². The van der Waals surface area contributed by atoms with Gasteiger partial charge in [-0.1, -0.05) is 41.4 Å². The number of anilines is 2. The summed E-state index contributed by atoms with van der Waals surface area (Å²) < 4.78 is 34.3. The Morgan fingerprint density at radius 3 is 1.65 bits per heavy atom. The van der Waals surface area contributed by atoms with Crippen LogP contribution in [0.15, 0.2) is 64.3 Å². The first-order chi connectivity index (χ1) is 32.3. The van der Waals surface area contributed by atoms with Gasteiger partial charge >= 0.3 is 0 Å². The molecule has 8 heterocycles. The Labute approximate surface area is 410 Å². The summed E-state index contributed by atoms with van der Waals surface area (Å²) in [5.74, 6) is 2.12. The van der Waals surface area contributed by atoms with Gasteiger partial charge in [0.1, 0.15) is 39.3 Å². The Morgan fingerprint density at radius 2 is 1.14 bits per heavy atom. The van der Waals surface area contributed by atoms with E-state index in [-0.39, 0.29) is 23.1 Å². The molecule has 10 rings (SSSR count). The fraction of sp³-hybridized carbons (Fsp3) is 0.522. The van der Waals surface area contributed by atoms with Gasteiger partial charge in [0, 0.05) is 57.4 Å². The first-order valence-electron chi connectivity index (χ1n) is 22.9. The van der Waals surface area contributed by atoms with Crippen LogP contribution in [0.25, 0.3) is 22.1 Å². The molecule has 4 aliphatic heterocycles. The van der Waals surface area contributed by atoms with Gasteiger partial charge in [0.2, 0.25) is 0 Å². The van der Waals surface area contributed by atoms with Crippen molar-refractivity contribution >= 4 is 88.8 Å². The van der Waals surface area contributed by atoms with E-state index in [2.05, 4.69) is 104 Å². The zero-order valence-corrected chi connectivity index (χ0v) is 41.4. The highest BCUT2D eigenvalue weighted by Gasteiger charge is 2.32. The second-order valence-electron chi connectivity index (χ2n) is 17.3. The Morgan fingerprint density at radius 1 is 0.652 bits per heavy atom. The van der Waals surface area contributed by atoms with E-state index < -0.39 is 5.82 Å². The van der Waals surface area contributed by atoms with Crippen LogP contribution >= 0.6 is 55.1 Å². The number of piperidine rings is 2. The van der Waals surface area contributed by atoms with Crippen molar-refractivity contribution in [2.75, 3.05) is 102 Å². The molecule has 15 nitrogen and oxygen atoms in total. The van der Waals surface area contributed by atoms with E-state index in [1.165, 1.54) is 24.5 Å². The van der Waals surface area contributed by atoms with Gasteiger partial charge in [0.25, 0.3) is 0 Å². The Balaban J connectivity index is 0.000000166. The minimum Gasteiger partial charge on any atom is -0.379 e. The average Bonchev–Trinajstić information content (AvgIpc) is 4.12. The van der Waals surface area contributed by atoms with Crippen molar-refractivity contribution in [2.24, 2.45) is 11.8 Å². The summed E-state index contributed by atoms with van der Waals surface area (Å²) in [5.41, 5.74) is 3.38. The molecule has 20 heteroatoms. The number of morpholine rings is 1. The summed E-state index contributed by atoms with van der Waals surface area (Å²) in [6.07, 6.45) is 9.42.